The summed E-state index contributed by atoms with van der Waals surface area (Å²) >= 11 is 7.39. The minimum atomic E-state index is 0.258. The lowest BCUT2D eigenvalue weighted by Crippen LogP contribution is -2.41. The summed E-state index contributed by atoms with van der Waals surface area (Å²) in [5.74, 6) is 0.486. The second-order valence-corrected chi connectivity index (χ2v) is 5.38. The molecule has 1 atom stereocenters. The molecule has 0 aliphatic carbocycles. The molecule has 1 saturated heterocycles. The smallest absolute Gasteiger partial charge is 0.107 e. The molecule has 5 heteroatoms. The maximum atomic E-state index is 9.31. The van der Waals surface area contributed by atoms with Gasteiger partial charge >= 0.3 is 0 Å². The Kier molecular flexibility index (Phi) is 4.58. The van der Waals surface area contributed by atoms with E-state index >= 15 is 0 Å². The third-order valence-corrected chi connectivity index (χ3v) is 4.19. The Morgan fingerprint density at radius 2 is 2.44 bits per heavy atom. The van der Waals surface area contributed by atoms with Gasteiger partial charge in [-0.3, -0.25) is 4.90 Å². The van der Waals surface area contributed by atoms with Crippen molar-refractivity contribution in [2.45, 2.75) is 37.7 Å². The Hall–Kier alpha value is -0.160. The number of rotatable bonds is 4. The van der Waals surface area contributed by atoms with Crippen molar-refractivity contribution >= 4 is 22.9 Å². The molecule has 0 aromatic carbocycles. The van der Waals surface area contributed by atoms with Gasteiger partial charge < -0.3 is 5.11 Å². The highest BCUT2D eigenvalue weighted by molar-refractivity contribution is 7.09. The summed E-state index contributed by atoms with van der Waals surface area (Å²) in [5.41, 5.74) is 0.958. The largest absolute Gasteiger partial charge is 0.395 e. The number of thiazole rings is 1. The number of halogens is 1. The Labute approximate surface area is 105 Å². The molecular formula is C11H17ClN2OS. The number of aliphatic hydroxyl groups is 1. The summed E-state index contributed by atoms with van der Waals surface area (Å²) in [6.07, 6.45) is 3.56. The van der Waals surface area contributed by atoms with Crippen molar-refractivity contribution in [1.82, 2.24) is 9.88 Å². The van der Waals surface area contributed by atoms with Crippen molar-refractivity contribution in [3.8, 4) is 0 Å². The minimum absolute atomic E-state index is 0.258. The van der Waals surface area contributed by atoms with Gasteiger partial charge in [-0.15, -0.1) is 22.9 Å². The zero-order valence-corrected chi connectivity index (χ0v) is 10.8. The summed E-state index contributed by atoms with van der Waals surface area (Å²) in [7, 11) is 0. The molecule has 90 valence electrons. The van der Waals surface area contributed by atoms with Crippen molar-refractivity contribution in [3.05, 3.63) is 16.1 Å². The number of hydrogen-bond acceptors (Lipinski definition) is 4. The maximum Gasteiger partial charge on any atom is 0.107 e. The summed E-state index contributed by atoms with van der Waals surface area (Å²) in [6, 6.07) is 0.317. The van der Waals surface area contributed by atoms with Crippen LogP contribution >= 0.6 is 22.9 Å². The van der Waals surface area contributed by atoms with Crippen LogP contribution in [0.25, 0.3) is 0 Å². The number of nitrogens with zero attached hydrogens (tertiary/aromatic N) is 2. The van der Waals surface area contributed by atoms with E-state index in [-0.39, 0.29) is 6.61 Å². The van der Waals surface area contributed by atoms with Crippen LogP contribution in [0.1, 0.15) is 30.0 Å². The number of aliphatic hydroxyl groups excluding tert-OH is 1. The van der Waals surface area contributed by atoms with Gasteiger partial charge in [0.25, 0.3) is 0 Å². The predicted molar refractivity (Wildman–Crippen MR) is 66.8 cm³/mol. The Bertz CT molecular complexity index is 332. The molecule has 3 nitrogen and oxygen atoms in total. The zero-order valence-electron chi connectivity index (χ0n) is 9.23. The molecule has 1 aromatic rings. The fraction of sp³-hybridized carbons (Fsp3) is 0.727. The van der Waals surface area contributed by atoms with E-state index in [4.69, 9.17) is 11.6 Å². The SMILES string of the molecule is OCC1CCCCN1Cc1nc(CCl)cs1. The molecule has 0 spiro atoms. The first-order valence-corrected chi connectivity index (χ1v) is 7.09. The second-order valence-electron chi connectivity index (χ2n) is 4.17. The molecule has 0 bridgehead atoms. The van der Waals surface area contributed by atoms with E-state index in [1.165, 1.54) is 12.8 Å². The van der Waals surface area contributed by atoms with Crippen LogP contribution in [0.15, 0.2) is 5.38 Å². The third kappa shape index (κ3) is 2.94. The van der Waals surface area contributed by atoms with E-state index in [9.17, 15) is 5.11 Å². The highest BCUT2D eigenvalue weighted by Crippen LogP contribution is 2.21. The quantitative estimate of drug-likeness (QED) is 0.844. The molecule has 1 aromatic heterocycles. The number of likely N-dealkylation sites (tertiary alicyclic amines) is 1. The van der Waals surface area contributed by atoms with Crippen LogP contribution in [0.4, 0.5) is 0 Å². The van der Waals surface area contributed by atoms with Crippen molar-refractivity contribution in [2.75, 3.05) is 13.2 Å². The summed E-state index contributed by atoms with van der Waals surface area (Å²) in [6.45, 7) is 2.18. The Morgan fingerprint density at radius 3 is 3.12 bits per heavy atom. The molecule has 0 amide bonds. The standard InChI is InChI=1S/C11H17ClN2OS/c12-5-9-8-16-11(13-9)6-14-4-2-1-3-10(14)7-15/h8,10,15H,1-7H2. The normalized spacial score (nSPS) is 22.5. The van der Waals surface area contributed by atoms with Gasteiger partial charge in [-0.25, -0.2) is 4.98 Å². The van der Waals surface area contributed by atoms with Crippen LogP contribution in [0, 0.1) is 0 Å². The third-order valence-electron chi connectivity index (χ3n) is 3.03. The van der Waals surface area contributed by atoms with Crippen LogP contribution in [-0.4, -0.2) is 34.2 Å². The predicted octanol–water partition coefficient (Wildman–Crippen LogP) is 2.23. The second kappa shape index (κ2) is 5.96. The van der Waals surface area contributed by atoms with Gasteiger partial charge in [-0.1, -0.05) is 6.42 Å². The molecule has 1 aliphatic heterocycles. The average Bonchev–Trinajstić information content (AvgIpc) is 2.77. The lowest BCUT2D eigenvalue weighted by atomic mass is 10.0. The lowest BCUT2D eigenvalue weighted by Gasteiger charge is -2.33. The van der Waals surface area contributed by atoms with E-state index in [0.717, 1.165) is 30.2 Å². The van der Waals surface area contributed by atoms with Gasteiger partial charge in [-0.05, 0) is 19.4 Å². The van der Waals surface area contributed by atoms with E-state index in [1.54, 1.807) is 11.3 Å². The zero-order chi connectivity index (χ0) is 11.4. The first-order valence-electron chi connectivity index (χ1n) is 5.67. The van der Waals surface area contributed by atoms with E-state index in [1.807, 2.05) is 5.38 Å². The molecule has 2 rings (SSSR count). The number of piperidine rings is 1. The summed E-state index contributed by atoms with van der Waals surface area (Å²) in [5, 5.41) is 12.4. The fourth-order valence-electron chi connectivity index (χ4n) is 2.13. The topological polar surface area (TPSA) is 36.4 Å². The van der Waals surface area contributed by atoms with Crippen LogP contribution < -0.4 is 0 Å². The molecule has 1 unspecified atom stereocenters. The van der Waals surface area contributed by atoms with Crippen molar-refractivity contribution < 1.29 is 5.11 Å². The Morgan fingerprint density at radius 1 is 1.56 bits per heavy atom. The number of alkyl halides is 1. The van der Waals surface area contributed by atoms with Gasteiger partial charge in [0.05, 0.1) is 24.7 Å². The molecule has 1 N–H and O–H groups in total. The fourth-order valence-corrected chi connectivity index (χ4v) is 3.18. The van der Waals surface area contributed by atoms with E-state index in [0.29, 0.717) is 11.9 Å². The first-order chi connectivity index (χ1) is 7.83. The van der Waals surface area contributed by atoms with Crippen molar-refractivity contribution in [2.24, 2.45) is 0 Å². The monoisotopic (exact) mass is 260 g/mol. The highest BCUT2D eigenvalue weighted by Gasteiger charge is 2.22. The molecule has 1 aliphatic rings. The minimum Gasteiger partial charge on any atom is -0.395 e. The maximum absolute atomic E-state index is 9.31. The van der Waals surface area contributed by atoms with E-state index in [2.05, 4.69) is 9.88 Å². The average molecular weight is 261 g/mol. The molecular weight excluding hydrogens is 244 g/mol. The van der Waals surface area contributed by atoms with Gasteiger partial charge in [0.2, 0.25) is 0 Å². The lowest BCUT2D eigenvalue weighted by molar-refractivity contribution is 0.0840. The highest BCUT2D eigenvalue weighted by atomic mass is 35.5. The Balaban J connectivity index is 1.96. The number of aromatic nitrogens is 1. The van der Waals surface area contributed by atoms with E-state index < -0.39 is 0 Å². The summed E-state index contributed by atoms with van der Waals surface area (Å²) in [4.78, 5) is 6.79. The van der Waals surface area contributed by atoms with Crippen LogP contribution in [0.5, 0.6) is 0 Å². The molecule has 2 heterocycles. The van der Waals surface area contributed by atoms with Gasteiger partial charge in [0, 0.05) is 11.4 Å². The van der Waals surface area contributed by atoms with Crippen LogP contribution in [-0.2, 0) is 12.4 Å². The molecule has 1 fully saturated rings. The van der Waals surface area contributed by atoms with Crippen molar-refractivity contribution in [3.63, 3.8) is 0 Å². The van der Waals surface area contributed by atoms with Gasteiger partial charge in [0.1, 0.15) is 5.01 Å². The first kappa shape index (κ1) is 12.3. The molecule has 0 saturated carbocycles. The van der Waals surface area contributed by atoms with Crippen molar-refractivity contribution in [1.29, 1.82) is 0 Å². The molecule has 0 radical (unpaired) electrons. The molecule has 16 heavy (non-hydrogen) atoms. The van der Waals surface area contributed by atoms with Gasteiger partial charge in [0.15, 0.2) is 0 Å². The summed E-state index contributed by atoms with van der Waals surface area (Å²) < 4.78 is 0. The van der Waals surface area contributed by atoms with Crippen LogP contribution in [0.2, 0.25) is 0 Å². The number of hydrogen-bond donors (Lipinski definition) is 1. The van der Waals surface area contributed by atoms with Gasteiger partial charge in [-0.2, -0.15) is 0 Å². The van der Waals surface area contributed by atoms with Crippen LogP contribution in [0.3, 0.4) is 0 Å².